The Labute approximate surface area is 143 Å². The molecule has 0 bridgehead atoms. The molecule has 0 fully saturated rings. The minimum atomic E-state index is -0.939. The second-order valence-electron chi connectivity index (χ2n) is 4.91. The van der Waals surface area contributed by atoms with Crippen molar-refractivity contribution in [3.8, 4) is 0 Å². The molecule has 0 atom stereocenters. The van der Waals surface area contributed by atoms with Crippen LogP contribution < -0.4 is 10.8 Å². The number of benzene rings is 1. The van der Waals surface area contributed by atoms with Gasteiger partial charge in [-0.05, 0) is 64.8 Å². The molecule has 0 aliphatic carbocycles. The number of hydrogen-bond acceptors (Lipinski definition) is 3. The summed E-state index contributed by atoms with van der Waals surface area (Å²) in [5.41, 5.74) is 1.83. The maximum Gasteiger partial charge on any atom is 0.335 e. The molecule has 2 N–H and O–H groups in total. The molecule has 23 heavy (non-hydrogen) atoms. The number of nitrogens with zero attached hydrogens (tertiary/aromatic N) is 2. The Balaban J connectivity index is 2.33. The molecule has 0 saturated carbocycles. The summed E-state index contributed by atoms with van der Waals surface area (Å²) in [6, 6.07) is 10.4. The number of aryl methyl sites for hydroxylation is 1. The van der Waals surface area contributed by atoms with Crippen LogP contribution in [0.2, 0.25) is 0 Å². The van der Waals surface area contributed by atoms with E-state index in [2.05, 4.69) is 26.2 Å². The van der Waals surface area contributed by atoms with E-state index < -0.39 is 5.97 Å². The van der Waals surface area contributed by atoms with Crippen LogP contribution in [0.25, 0.3) is 0 Å². The third kappa shape index (κ3) is 4.56. The number of nitrogens with one attached hydrogen (secondary N) is 1. The molecule has 1 aromatic carbocycles. The zero-order chi connectivity index (χ0) is 16.8. The first-order valence-corrected chi connectivity index (χ1v) is 7.97. The summed E-state index contributed by atoms with van der Waals surface area (Å²) in [5, 5.41) is 12.2. The number of halogens is 1. The summed E-state index contributed by atoms with van der Waals surface area (Å²) in [7, 11) is 1.93. The molecule has 0 aliphatic heterocycles. The Bertz CT molecular complexity index is 769. The van der Waals surface area contributed by atoms with Crippen molar-refractivity contribution in [1.29, 1.82) is 0 Å². The second kappa shape index (κ2) is 7.78. The first-order valence-electron chi connectivity index (χ1n) is 7.17. The highest BCUT2D eigenvalue weighted by atomic mass is 79.9. The summed E-state index contributed by atoms with van der Waals surface area (Å²) in [6.07, 6.45) is 4.73. The van der Waals surface area contributed by atoms with E-state index >= 15 is 0 Å². The quantitative estimate of drug-likeness (QED) is 0.835. The van der Waals surface area contributed by atoms with Gasteiger partial charge in [0.05, 0.1) is 10.0 Å². The molecule has 1 heterocycles. The highest BCUT2D eigenvalue weighted by Crippen LogP contribution is 2.13. The number of pyridine rings is 1. The van der Waals surface area contributed by atoms with Gasteiger partial charge in [0.1, 0.15) is 11.3 Å². The maximum absolute atomic E-state index is 10.9. The van der Waals surface area contributed by atoms with Crippen molar-refractivity contribution < 1.29 is 9.90 Å². The van der Waals surface area contributed by atoms with Crippen molar-refractivity contribution in [2.45, 2.75) is 13.3 Å². The Morgan fingerprint density at radius 1 is 1.35 bits per heavy atom. The van der Waals surface area contributed by atoms with Crippen LogP contribution in [0, 0.1) is 0 Å². The normalized spacial score (nSPS) is 12.3. The molecule has 0 radical (unpaired) electrons. The third-order valence-electron chi connectivity index (χ3n) is 3.13. The lowest BCUT2D eigenvalue weighted by atomic mass is 10.2. The van der Waals surface area contributed by atoms with E-state index in [9.17, 15) is 4.79 Å². The number of anilines is 1. The molecular formula is C17H18BrN3O2. The van der Waals surface area contributed by atoms with E-state index in [4.69, 9.17) is 5.11 Å². The molecule has 0 unspecified atom stereocenters. The number of carbonyl (C=O) groups is 1. The van der Waals surface area contributed by atoms with Crippen LogP contribution >= 0.6 is 15.9 Å². The monoisotopic (exact) mass is 375 g/mol. The number of rotatable bonds is 5. The number of hydrogen-bond donors (Lipinski definition) is 2. The van der Waals surface area contributed by atoms with Crippen molar-refractivity contribution >= 4 is 27.6 Å². The first kappa shape index (κ1) is 17.0. The molecule has 0 saturated heterocycles. The van der Waals surface area contributed by atoms with E-state index in [1.807, 2.05) is 42.9 Å². The van der Waals surface area contributed by atoms with Crippen LogP contribution in [0.15, 0.2) is 64.0 Å². The summed E-state index contributed by atoms with van der Waals surface area (Å²) in [5.74, 6) is -0.233. The van der Waals surface area contributed by atoms with Gasteiger partial charge in [-0.15, -0.1) is 0 Å². The van der Waals surface area contributed by atoms with Crippen molar-refractivity contribution in [2.24, 2.45) is 12.0 Å². The highest BCUT2D eigenvalue weighted by molar-refractivity contribution is 9.10. The second-order valence-corrected chi connectivity index (χ2v) is 5.76. The van der Waals surface area contributed by atoms with Crippen LogP contribution in [0.4, 0.5) is 5.69 Å². The molecule has 5 nitrogen and oxygen atoms in total. The molecular weight excluding hydrogens is 358 g/mol. The fourth-order valence-corrected chi connectivity index (χ4v) is 2.50. The summed E-state index contributed by atoms with van der Waals surface area (Å²) in [4.78, 5) is 15.5. The van der Waals surface area contributed by atoms with Crippen molar-refractivity contribution in [3.05, 3.63) is 70.0 Å². The van der Waals surface area contributed by atoms with Crippen LogP contribution in [0.3, 0.4) is 0 Å². The maximum atomic E-state index is 10.9. The van der Waals surface area contributed by atoms with Gasteiger partial charge in [0, 0.05) is 18.9 Å². The van der Waals surface area contributed by atoms with Crippen molar-refractivity contribution in [3.63, 3.8) is 0 Å². The Hall–Kier alpha value is -2.34. The van der Waals surface area contributed by atoms with Gasteiger partial charge in [-0.25, -0.2) is 9.79 Å². The van der Waals surface area contributed by atoms with Crippen LogP contribution in [0.1, 0.15) is 23.7 Å². The summed E-state index contributed by atoms with van der Waals surface area (Å²) < 4.78 is 2.82. The molecule has 0 spiro atoms. The number of allylic oxidation sites excluding steroid dienone is 1. The van der Waals surface area contributed by atoms with Gasteiger partial charge in [-0.3, -0.25) is 0 Å². The van der Waals surface area contributed by atoms with Gasteiger partial charge >= 0.3 is 5.97 Å². The third-order valence-corrected chi connectivity index (χ3v) is 3.75. The zero-order valence-corrected chi connectivity index (χ0v) is 14.5. The molecule has 0 aliphatic rings. The predicted molar refractivity (Wildman–Crippen MR) is 94.1 cm³/mol. The number of aromatic carboxylic acids is 1. The van der Waals surface area contributed by atoms with E-state index in [0.29, 0.717) is 5.82 Å². The molecule has 6 heteroatoms. The Morgan fingerprint density at radius 3 is 2.61 bits per heavy atom. The van der Waals surface area contributed by atoms with Crippen molar-refractivity contribution in [1.82, 2.24) is 4.57 Å². The van der Waals surface area contributed by atoms with E-state index in [1.165, 1.54) is 0 Å². The predicted octanol–water partition coefficient (Wildman–Crippen LogP) is 3.75. The minimum Gasteiger partial charge on any atom is -0.478 e. The highest BCUT2D eigenvalue weighted by Gasteiger charge is 2.03. The topological polar surface area (TPSA) is 66.6 Å². The lowest BCUT2D eigenvalue weighted by Gasteiger charge is -2.09. The van der Waals surface area contributed by atoms with Crippen molar-refractivity contribution in [2.75, 3.05) is 5.32 Å². The SMILES string of the molecule is CC/C=C(/N=c1/c(Br)cccn1C)Nc1ccc(C(=O)O)cc1. The van der Waals surface area contributed by atoms with Crippen LogP contribution in [-0.4, -0.2) is 15.6 Å². The van der Waals surface area contributed by atoms with E-state index in [0.717, 1.165) is 22.1 Å². The number of aromatic nitrogens is 1. The van der Waals surface area contributed by atoms with Gasteiger partial charge in [-0.2, -0.15) is 0 Å². The zero-order valence-electron chi connectivity index (χ0n) is 13.0. The lowest BCUT2D eigenvalue weighted by molar-refractivity contribution is 0.0697. The molecule has 0 amide bonds. The van der Waals surface area contributed by atoms with Gasteiger partial charge in [0.15, 0.2) is 0 Å². The molecule has 1 aromatic heterocycles. The lowest BCUT2D eigenvalue weighted by Crippen LogP contribution is -2.19. The smallest absolute Gasteiger partial charge is 0.335 e. The van der Waals surface area contributed by atoms with Gasteiger partial charge in [-0.1, -0.05) is 6.92 Å². The number of carboxylic acid groups (broad SMARTS) is 1. The average molecular weight is 376 g/mol. The van der Waals surface area contributed by atoms with Gasteiger partial charge in [0.25, 0.3) is 0 Å². The molecule has 120 valence electrons. The fourth-order valence-electron chi connectivity index (χ4n) is 1.98. The summed E-state index contributed by atoms with van der Waals surface area (Å²) in [6.45, 7) is 2.03. The van der Waals surface area contributed by atoms with E-state index in [-0.39, 0.29) is 5.56 Å². The van der Waals surface area contributed by atoms with Crippen LogP contribution in [0.5, 0.6) is 0 Å². The van der Waals surface area contributed by atoms with E-state index in [1.54, 1.807) is 24.3 Å². The molecule has 2 rings (SSSR count). The first-order chi connectivity index (χ1) is 11.0. The number of carboxylic acids is 1. The standard InChI is InChI=1S/C17H18BrN3O2/c1-3-5-15(20-16-14(18)6-4-11-21(16)2)19-13-9-7-12(8-10-13)17(22)23/h4-11,19H,3H2,1-2H3,(H,22,23)/b15-5+,20-16-. The largest absolute Gasteiger partial charge is 0.478 e. The van der Waals surface area contributed by atoms with Gasteiger partial charge < -0.3 is 15.0 Å². The average Bonchev–Trinajstić information content (AvgIpc) is 2.51. The minimum absolute atomic E-state index is 0.255. The summed E-state index contributed by atoms with van der Waals surface area (Å²) >= 11 is 3.50. The molecule has 2 aromatic rings. The Morgan fingerprint density at radius 2 is 2.04 bits per heavy atom. The fraction of sp³-hybridized carbons (Fsp3) is 0.176. The van der Waals surface area contributed by atoms with Gasteiger partial charge in [0.2, 0.25) is 0 Å². The Kier molecular flexibility index (Phi) is 5.76. The van der Waals surface area contributed by atoms with Crippen LogP contribution in [-0.2, 0) is 7.05 Å².